The molecule has 0 saturated heterocycles. The second-order valence-corrected chi connectivity index (χ2v) is 5.82. The number of rotatable bonds is 4. The van der Waals surface area contributed by atoms with Crippen molar-refractivity contribution in [1.82, 2.24) is 34.3 Å². The summed E-state index contributed by atoms with van der Waals surface area (Å²) in [6.45, 7) is 0. The van der Waals surface area contributed by atoms with Crippen molar-refractivity contribution in [3.05, 3.63) is 61.4 Å². The molecule has 132 valence electrons. The summed E-state index contributed by atoms with van der Waals surface area (Å²) in [5, 5.41) is 8.21. The Labute approximate surface area is 152 Å². The predicted octanol–water partition coefficient (Wildman–Crippen LogP) is 2.97. The van der Waals surface area contributed by atoms with Gasteiger partial charge in [0.2, 0.25) is 5.82 Å². The van der Waals surface area contributed by atoms with E-state index in [2.05, 4.69) is 25.2 Å². The van der Waals surface area contributed by atoms with Gasteiger partial charge in [-0.25, -0.2) is 4.98 Å². The second-order valence-electron chi connectivity index (χ2n) is 5.82. The summed E-state index contributed by atoms with van der Waals surface area (Å²) in [6, 6.07) is 7.46. The second kappa shape index (κ2) is 6.06. The van der Waals surface area contributed by atoms with Crippen LogP contribution in [0.5, 0.6) is 11.5 Å². The Hall–Kier alpha value is -4.01. The van der Waals surface area contributed by atoms with Gasteiger partial charge in [0.05, 0.1) is 30.4 Å². The molecule has 9 nitrogen and oxygen atoms in total. The van der Waals surface area contributed by atoms with Crippen LogP contribution in [-0.2, 0) is 7.05 Å². The zero-order chi connectivity index (χ0) is 18.2. The van der Waals surface area contributed by atoms with E-state index in [1.807, 2.05) is 35.7 Å². The average molecular weight is 359 g/mol. The number of hydrogen-bond donors (Lipinski definition) is 0. The molecule has 5 aromatic rings. The van der Waals surface area contributed by atoms with E-state index < -0.39 is 0 Å². The van der Waals surface area contributed by atoms with E-state index >= 15 is 0 Å². The number of benzene rings is 1. The van der Waals surface area contributed by atoms with Crippen molar-refractivity contribution in [3.8, 4) is 34.5 Å². The quantitative estimate of drug-likeness (QED) is 0.487. The van der Waals surface area contributed by atoms with Crippen LogP contribution in [0.4, 0.5) is 0 Å². The normalized spacial score (nSPS) is 11.1. The number of aromatic nitrogens is 7. The number of hydrogen-bond acceptors (Lipinski definition) is 7. The van der Waals surface area contributed by atoms with Gasteiger partial charge in [-0.1, -0.05) is 17.3 Å². The Bertz CT molecular complexity index is 1240. The first-order valence-electron chi connectivity index (χ1n) is 8.15. The first-order valence-corrected chi connectivity index (χ1v) is 8.15. The van der Waals surface area contributed by atoms with E-state index in [9.17, 15) is 0 Å². The molecule has 9 heteroatoms. The third-order valence-electron chi connectivity index (χ3n) is 4.00. The molecule has 0 fully saturated rings. The lowest BCUT2D eigenvalue weighted by molar-refractivity contribution is 0.427. The van der Waals surface area contributed by atoms with Crippen molar-refractivity contribution in [1.29, 1.82) is 0 Å². The smallest absolute Gasteiger partial charge is 0.262 e. The van der Waals surface area contributed by atoms with Crippen molar-refractivity contribution in [2.45, 2.75) is 0 Å². The van der Waals surface area contributed by atoms with Crippen LogP contribution < -0.4 is 4.74 Å². The number of fused-ring (bicyclic) bond motifs is 1. The van der Waals surface area contributed by atoms with E-state index in [4.69, 9.17) is 9.26 Å². The molecule has 0 radical (unpaired) electrons. The SMILES string of the molecule is Cn1cc(Oc2ccccc2-c2nc(-c3cnc4cnccn34)no2)cn1. The van der Waals surface area contributed by atoms with Gasteiger partial charge in [0.25, 0.3) is 5.89 Å². The molecule has 5 rings (SSSR count). The Kier molecular flexibility index (Phi) is 3.42. The molecule has 0 aliphatic carbocycles. The predicted molar refractivity (Wildman–Crippen MR) is 95.0 cm³/mol. The van der Waals surface area contributed by atoms with Crippen LogP contribution >= 0.6 is 0 Å². The molecule has 0 spiro atoms. The minimum atomic E-state index is 0.355. The fourth-order valence-electron chi connectivity index (χ4n) is 2.76. The highest BCUT2D eigenvalue weighted by molar-refractivity contribution is 5.65. The van der Waals surface area contributed by atoms with Gasteiger partial charge < -0.3 is 9.26 Å². The molecule has 0 N–H and O–H groups in total. The first-order chi connectivity index (χ1) is 13.3. The van der Waals surface area contributed by atoms with Crippen molar-refractivity contribution in [3.63, 3.8) is 0 Å². The molecule has 4 aromatic heterocycles. The summed E-state index contributed by atoms with van der Waals surface area (Å²) in [6.07, 6.45) is 10.2. The Morgan fingerprint density at radius 2 is 2.04 bits per heavy atom. The van der Waals surface area contributed by atoms with E-state index in [0.29, 0.717) is 40.1 Å². The molecular formula is C18H13N7O2. The summed E-state index contributed by atoms with van der Waals surface area (Å²) in [7, 11) is 1.83. The number of nitrogens with zero attached hydrogens (tertiary/aromatic N) is 7. The third kappa shape index (κ3) is 2.71. The highest BCUT2D eigenvalue weighted by atomic mass is 16.5. The van der Waals surface area contributed by atoms with Crippen LogP contribution in [-0.4, -0.2) is 34.3 Å². The fraction of sp³-hybridized carbons (Fsp3) is 0.0556. The van der Waals surface area contributed by atoms with Crippen molar-refractivity contribution in [2.75, 3.05) is 0 Å². The number of imidazole rings is 1. The van der Waals surface area contributed by atoms with Gasteiger partial charge in [0, 0.05) is 19.4 Å². The van der Waals surface area contributed by atoms with Crippen LogP contribution in [0.15, 0.2) is 66.0 Å². The van der Waals surface area contributed by atoms with Gasteiger partial charge in [-0.05, 0) is 12.1 Å². The van der Waals surface area contributed by atoms with Gasteiger partial charge in [-0.2, -0.15) is 10.1 Å². The number of aryl methyl sites for hydroxylation is 1. The summed E-state index contributed by atoms with van der Waals surface area (Å²) in [5.74, 6) is 2.01. The largest absolute Gasteiger partial charge is 0.453 e. The zero-order valence-corrected chi connectivity index (χ0v) is 14.2. The Morgan fingerprint density at radius 1 is 1.11 bits per heavy atom. The summed E-state index contributed by atoms with van der Waals surface area (Å²) < 4.78 is 14.9. The molecule has 0 bridgehead atoms. The lowest BCUT2D eigenvalue weighted by Crippen LogP contribution is -1.90. The van der Waals surface area contributed by atoms with Gasteiger partial charge in [0.15, 0.2) is 11.4 Å². The minimum absolute atomic E-state index is 0.355. The van der Waals surface area contributed by atoms with Crippen molar-refractivity contribution in [2.24, 2.45) is 7.05 Å². The molecule has 1 aromatic carbocycles. The van der Waals surface area contributed by atoms with Crippen LogP contribution in [0.3, 0.4) is 0 Å². The van der Waals surface area contributed by atoms with E-state index in [1.54, 1.807) is 41.9 Å². The molecule has 0 saturated carbocycles. The van der Waals surface area contributed by atoms with E-state index in [1.165, 1.54) is 0 Å². The molecule has 0 atom stereocenters. The van der Waals surface area contributed by atoms with Crippen molar-refractivity contribution < 1.29 is 9.26 Å². The maximum atomic E-state index is 5.92. The van der Waals surface area contributed by atoms with Gasteiger partial charge in [-0.15, -0.1) is 0 Å². The minimum Gasteiger partial charge on any atom is -0.453 e. The molecule has 0 amide bonds. The van der Waals surface area contributed by atoms with Gasteiger partial charge in [-0.3, -0.25) is 14.1 Å². The summed E-state index contributed by atoms with van der Waals surface area (Å²) >= 11 is 0. The first kappa shape index (κ1) is 15.3. The highest BCUT2D eigenvalue weighted by Gasteiger charge is 2.17. The van der Waals surface area contributed by atoms with Crippen LogP contribution in [0.2, 0.25) is 0 Å². The lowest BCUT2D eigenvalue weighted by atomic mass is 10.2. The zero-order valence-electron chi connectivity index (χ0n) is 14.2. The molecule has 0 aliphatic heterocycles. The standard InChI is InChI=1S/C18H13N7O2/c1-24-11-12(8-21-24)26-15-5-3-2-4-13(15)18-22-17(23-27-18)14-9-20-16-10-19-6-7-25(14)16/h2-11H,1H3. The number of ether oxygens (including phenoxy) is 1. The molecule has 4 heterocycles. The van der Waals surface area contributed by atoms with Gasteiger partial charge in [0.1, 0.15) is 11.4 Å². The highest BCUT2D eigenvalue weighted by Crippen LogP contribution is 2.33. The van der Waals surface area contributed by atoms with Crippen LogP contribution in [0, 0.1) is 0 Å². The summed E-state index contributed by atoms with van der Waals surface area (Å²) in [5.41, 5.74) is 2.11. The van der Waals surface area contributed by atoms with Gasteiger partial charge >= 0.3 is 0 Å². The lowest BCUT2D eigenvalue weighted by Gasteiger charge is -2.06. The fourth-order valence-corrected chi connectivity index (χ4v) is 2.76. The monoisotopic (exact) mass is 359 g/mol. The van der Waals surface area contributed by atoms with Crippen molar-refractivity contribution >= 4 is 5.65 Å². The number of para-hydroxylation sites is 1. The van der Waals surface area contributed by atoms with E-state index in [0.717, 1.165) is 0 Å². The molecular weight excluding hydrogens is 346 g/mol. The van der Waals surface area contributed by atoms with Crippen LogP contribution in [0.25, 0.3) is 28.6 Å². The third-order valence-corrected chi connectivity index (χ3v) is 4.00. The summed E-state index contributed by atoms with van der Waals surface area (Å²) in [4.78, 5) is 12.9. The maximum Gasteiger partial charge on any atom is 0.262 e. The Balaban J connectivity index is 1.53. The topological polar surface area (TPSA) is 96.2 Å². The molecule has 0 unspecified atom stereocenters. The molecule has 0 aliphatic rings. The molecule has 27 heavy (non-hydrogen) atoms. The average Bonchev–Trinajstić information content (AvgIpc) is 3.41. The van der Waals surface area contributed by atoms with E-state index in [-0.39, 0.29) is 0 Å². The van der Waals surface area contributed by atoms with Crippen LogP contribution in [0.1, 0.15) is 0 Å². The Morgan fingerprint density at radius 3 is 2.93 bits per heavy atom. The maximum absolute atomic E-state index is 5.92.